The number of aromatic nitrogens is 1. The number of carbonyl (C=O) groups excluding carboxylic acids is 1. The fraction of sp³-hybridized carbons (Fsp3) is 0.500. The molecular formula is C12H17IN2O. The van der Waals surface area contributed by atoms with Crippen LogP contribution in [0.2, 0.25) is 0 Å². The average Bonchev–Trinajstić information content (AvgIpc) is 2.16. The molecule has 0 atom stereocenters. The standard InChI is InChI=1S/C12H17IN2O/c1-8(2)15(9(3)4)12(16)11-10(13)6-5-7-14-11/h5-9H,1-4H3. The largest absolute Gasteiger partial charge is 0.332 e. The van der Waals surface area contributed by atoms with Crippen molar-refractivity contribution in [2.45, 2.75) is 39.8 Å². The Balaban J connectivity index is 3.05. The summed E-state index contributed by atoms with van der Waals surface area (Å²) in [6.45, 7) is 8.09. The van der Waals surface area contributed by atoms with Gasteiger partial charge in [0.25, 0.3) is 5.91 Å². The van der Waals surface area contributed by atoms with Gasteiger partial charge in [0.15, 0.2) is 0 Å². The van der Waals surface area contributed by atoms with Crippen molar-refractivity contribution in [2.75, 3.05) is 0 Å². The van der Waals surface area contributed by atoms with Gasteiger partial charge in [0.05, 0.1) is 0 Å². The third-order valence-corrected chi connectivity index (χ3v) is 3.18. The quantitative estimate of drug-likeness (QED) is 0.798. The lowest BCUT2D eigenvalue weighted by Gasteiger charge is -2.30. The van der Waals surface area contributed by atoms with Crippen molar-refractivity contribution in [2.24, 2.45) is 0 Å². The maximum absolute atomic E-state index is 12.3. The maximum atomic E-state index is 12.3. The molecule has 0 saturated carbocycles. The van der Waals surface area contributed by atoms with Gasteiger partial charge in [-0.05, 0) is 62.4 Å². The Labute approximate surface area is 110 Å². The highest BCUT2D eigenvalue weighted by Gasteiger charge is 2.23. The van der Waals surface area contributed by atoms with Crippen LogP contribution in [0.15, 0.2) is 18.3 Å². The van der Waals surface area contributed by atoms with Crippen LogP contribution in [0.5, 0.6) is 0 Å². The van der Waals surface area contributed by atoms with E-state index in [0.717, 1.165) is 3.57 Å². The first-order chi connectivity index (χ1) is 7.45. The van der Waals surface area contributed by atoms with Crippen molar-refractivity contribution in [3.05, 3.63) is 27.6 Å². The number of carbonyl (C=O) groups is 1. The molecule has 88 valence electrons. The Bertz CT molecular complexity index is 369. The number of amides is 1. The maximum Gasteiger partial charge on any atom is 0.274 e. The Morgan fingerprint density at radius 3 is 2.31 bits per heavy atom. The van der Waals surface area contributed by atoms with Crippen molar-refractivity contribution in [3.63, 3.8) is 0 Å². The van der Waals surface area contributed by atoms with Gasteiger partial charge in [-0.15, -0.1) is 0 Å². The van der Waals surface area contributed by atoms with Crippen LogP contribution in [-0.4, -0.2) is 27.9 Å². The molecular weight excluding hydrogens is 315 g/mol. The molecule has 0 N–H and O–H groups in total. The lowest BCUT2D eigenvalue weighted by Crippen LogP contribution is -2.42. The molecule has 1 heterocycles. The van der Waals surface area contributed by atoms with Crippen molar-refractivity contribution < 1.29 is 4.79 Å². The number of pyridine rings is 1. The van der Waals surface area contributed by atoms with Crippen molar-refractivity contribution >= 4 is 28.5 Å². The zero-order valence-electron chi connectivity index (χ0n) is 10.1. The molecule has 3 nitrogen and oxygen atoms in total. The molecule has 0 fully saturated rings. The molecule has 0 unspecified atom stereocenters. The first-order valence-electron chi connectivity index (χ1n) is 5.38. The van der Waals surface area contributed by atoms with Gasteiger partial charge in [-0.2, -0.15) is 0 Å². The molecule has 0 aliphatic heterocycles. The lowest BCUT2D eigenvalue weighted by molar-refractivity contribution is 0.0636. The summed E-state index contributed by atoms with van der Waals surface area (Å²) in [6.07, 6.45) is 1.66. The van der Waals surface area contributed by atoms with Crippen molar-refractivity contribution in [3.8, 4) is 0 Å². The number of rotatable bonds is 3. The SMILES string of the molecule is CC(C)N(C(=O)c1ncccc1I)C(C)C. The Morgan fingerprint density at radius 2 is 1.88 bits per heavy atom. The van der Waals surface area contributed by atoms with Gasteiger partial charge >= 0.3 is 0 Å². The Kier molecular flexibility index (Phi) is 4.70. The molecule has 1 rings (SSSR count). The van der Waals surface area contributed by atoms with E-state index < -0.39 is 0 Å². The third-order valence-electron chi connectivity index (χ3n) is 2.31. The molecule has 1 amide bonds. The van der Waals surface area contributed by atoms with Crippen molar-refractivity contribution in [1.82, 2.24) is 9.88 Å². The van der Waals surface area contributed by atoms with Crippen LogP contribution in [0.1, 0.15) is 38.2 Å². The van der Waals surface area contributed by atoms with Gasteiger partial charge in [-0.3, -0.25) is 4.79 Å². The summed E-state index contributed by atoms with van der Waals surface area (Å²) in [5, 5.41) is 0. The zero-order chi connectivity index (χ0) is 12.3. The van der Waals surface area contributed by atoms with Gasteiger partial charge in [0.2, 0.25) is 0 Å². The predicted octanol–water partition coefficient (Wildman–Crippen LogP) is 2.95. The number of nitrogens with zero attached hydrogens (tertiary/aromatic N) is 2. The molecule has 0 aromatic carbocycles. The molecule has 4 heteroatoms. The van der Waals surface area contributed by atoms with Crippen LogP contribution in [0, 0.1) is 3.57 Å². The second kappa shape index (κ2) is 5.61. The highest BCUT2D eigenvalue weighted by Crippen LogP contribution is 2.15. The minimum Gasteiger partial charge on any atom is -0.332 e. The lowest BCUT2D eigenvalue weighted by atomic mass is 10.2. The number of hydrogen-bond acceptors (Lipinski definition) is 2. The predicted molar refractivity (Wildman–Crippen MR) is 73.4 cm³/mol. The average molecular weight is 332 g/mol. The number of halogens is 1. The van der Waals surface area contributed by atoms with Crippen LogP contribution >= 0.6 is 22.6 Å². The molecule has 0 spiro atoms. The monoisotopic (exact) mass is 332 g/mol. The summed E-state index contributed by atoms with van der Waals surface area (Å²) in [5.41, 5.74) is 0.547. The number of hydrogen-bond donors (Lipinski definition) is 0. The van der Waals surface area contributed by atoms with Crippen LogP contribution < -0.4 is 0 Å². The molecule has 0 bridgehead atoms. The van der Waals surface area contributed by atoms with E-state index in [1.807, 2.05) is 44.7 Å². The molecule has 0 aliphatic rings. The highest BCUT2D eigenvalue weighted by atomic mass is 127. The topological polar surface area (TPSA) is 33.2 Å². The summed E-state index contributed by atoms with van der Waals surface area (Å²) in [5.74, 6) is 0.00926. The minimum atomic E-state index is 0.00926. The normalized spacial score (nSPS) is 10.9. The van der Waals surface area contributed by atoms with E-state index >= 15 is 0 Å². The van der Waals surface area contributed by atoms with Gasteiger partial charge in [-0.25, -0.2) is 4.98 Å². The van der Waals surface area contributed by atoms with E-state index in [1.54, 1.807) is 6.20 Å². The molecule has 0 radical (unpaired) electrons. The smallest absolute Gasteiger partial charge is 0.274 e. The summed E-state index contributed by atoms with van der Waals surface area (Å²) in [6, 6.07) is 4.11. The van der Waals surface area contributed by atoms with E-state index in [4.69, 9.17) is 0 Å². The first kappa shape index (κ1) is 13.4. The van der Waals surface area contributed by atoms with Crippen LogP contribution in [0.3, 0.4) is 0 Å². The zero-order valence-corrected chi connectivity index (χ0v) is 12.2. The van der Waals surface area contributed by atoms with Gasteiger partial charge in [0, 0.05) is 21.9 Å². The summed E-state index contributed by atoms with van der Waals surface area (Å²) >= 11 is 2.15. The Hall–Kier alpha value is -0.650. The van der Waals surface area contributed by atoms with Crippen LogP contribution in [0.4, 0.5) is 0 Å². The van der Waals surface area contributed by atoms with E-state index in [9.17, 15) is 4.79 Å². The second-order valence-corrected chi connectivity index (χ2v) is 5.40. The molecule has 16 heavy (non-hydrogen) atoms. The van der Waals surface area contributed by atoms with Gasteiger partial charge in [0.1, 0.15) is 5.69 Å². The fourth-order valence-electron chi connectivity index (χ4n) is 1.73. The minimum absolute atomic E-state index is 0.00926. The van der Waals surface area contributed by atoms with E-state index in [-0.39, 0.29) is 18.0 Å². The Morgan fingerprint density at radius 1 is 1.31 bits per heavy atom. The van der Waals surface area contributed by atoms with Crippen molar-refractivity contribution in [1.29, 1.82) is 0 Å². The van der Waals surface area contributed by atoms with Gasteiger partial charge in [-0.1, -0.05) is 0 Å². The molecule has 0 saturated heterocycles. The van der Waals surface area contributed by atoms with E-state index in [2.05, 4.69) is 27.6 Å². The van der Waals surface area contributed by atoms with Crippen LogP contribution in [0.25, 0.3) is 0 Å². The third kappa shape index (κ3) is 2.93. The summed E-state index contributed by atoms with van der Waals surface area (Å²) in [7, 11) is 0. The molecule has 0 aliphatic carbocycles. The fourth-order valence-corrected chi connectivity index (χ4v) is 2.31. The molecule has 1 aromatic heterocycles. The second-order valence-electron chi connectivity index (χ2n) is 4.23. The highest BCUT2D eigenvalue weighted by molar-refractivity contribution is 14.1. The van der Waals surface area contributed by atoms with E-state index in [1.165, 1.54) is 0 Å². The van der Waals surface area contributed by atoms with Crippen LogP contribution in [-0.2, 0) is 0 Å². The summed E-state index contributed by atoms with van der Waals surface area (Å²) < 4.78 is 0.899. The van der Waals surface area contributed by atoms with Gasteiger partial charge < -0.3 is 4.90 Å². The van der Waals surface area contributed by atoms with E-state index in [0.29, 0.717) is 5.69 Å². The molecule has 1 aromatic rings. The summed E-state index contributed by atoms with van der Waals surface area (Å²) in [4.78, 5) is 18.3. The first-order valence-corrected chi connectivity index (χ1v) is 6.46.